The Balaban J connectivity index is 1.50. The highest BCUT2D eigenvalue weighted by Crippen LogP contribution is 2.23. The van der Waals surface area contributed by atoms with Gasteiger partial charge in [0.05, 0.1) is 5.56 Å². The number of aryl methyl sites for hydroxylation is 1. The number of ether oxygens (including phenoxy) is 1. The van der Waals surface area contributed by atoms with E-state index in [0.29, 0.717) is 10.8 Å². The third-order valence-corrected chi connectivity index (χ3v) is 5.82. The van der Waals surface area contributed by atoms with Crippen molar-refractivity contribution in [3.05, 3.63) is 112 Å². The predicted molar refractivity (Wildman–Crippen MR) is 139 cm³/mol. The number of fused-ring (bicyclic) bond motifs is 1. The summed E-state index contributed by atoms with van der Waals surface area (Å²) in [6, 6.07) is 20.1. The zero-order chi connectivity index (χ0) is 26.2. The van der Waals surface area contributed by atoms with Crippen LogP contribution in [-0.4, -0.2) is 6.61 Å². The minimum atomic E-state index is -3.13. The van der Waals surface area contributed by atoms with Crippen LogP contribution in [0.3, 0.4) is 0 Å². The van der Waals surface area contributed by atoms with Gasteiger partial charge < -0.3 is 4.74 Å². The monoisotopic (exact) mass is 500 g/mol. The van der Waals surface area contributed by atoms with Crippen LogP contribution in [0, 0.1) is 35.3 Å². The van der Waals surface area contributed by atoms with Crippen molar-refractivity contribution in [2.45, 2.75) is 39.2 Å². The molecule has 37 heavy (non-hydrogen) atoms. The molecule has 0 radical (unpaired) electrons. The highest BCUT2D eigenvalue weighted by Gasteiger charge is 2.10. The van der Waals surface area contributed by atoms with E-state index < -0.39 is 24.0 Å². The Hall–Kier alpha value is -4.22. The molecule has 0 amide bonds. The lowest BCUT2D eigenvalue weighted by molar-refractivity contribution is -0.0521. The third-order valence-electron chi connectivity index (χ3n) is 5.82. The molecule has 0 fully saturated rings. The van der Waals surface area contributed by atoms with E-state index in [2.05, 4.69) is 47.5 Å². The number of halogens is 4. The van der Waals surface area contributed by atoms with Crippen LogP contribution in [0.25, 0.3) is 10.8 Å². The summed E-state index contributed by atoms with van der Waals surface area (Å²) in [6.45, 7) is -0.937. The maximum Gasteiger partial charge on any atom is 0.387 e. The van der Waals surface area contributed by atoms with Gasteiger partial charge in [-0.1, -0.05) is 67.7 Å². The van der Waals surface area contributed by atoms with Gasteiger partial charge in [0.1, 0.15) is 5.82 Å². The molecule has 0 aliphatic carbocycles. The third kappa shape index (κ3) is 6.93. The summed E-state index contributed by atoms with van der Waals surface area (Å²) in [5.74, 6) is 9.59. The van der Waals surface area contributed by atoms with Gasteiger partial charge in [0.25, 0.3) is 0 Å². The summed E-state index contributed by atoms with van der Waals surface area (Å²) in [6.07, 6.45) is 4.69. The first-order valence-electron chi connectivity index (χ1n) is 12.0. The van der Waals surface area contributed by atoms with Gasteiger partial charge in [-0.15, -0.1) is 0 Å². The van der Waals surface area contributed by atoms with Crippen molar-refractivity contribution in [2.24, 2.45) is 0 Å². The molecule has 0 saturated heterocycles. The van der Waals surface area contributed by atoms with Gasteiger partial charge in [0, 0.05) is 22.1 Å². The average molecular weight is 501 g/mol. The minimum absolute atomic E-state index is 0.138. The van der Waals surface area contributed by atoms with Crippen molar-refractivity contribution in [2.75, 3.05) is 0 Å². The summed E-state index contributed by atoms with van der Waals surface area (Å²) in [5.41, 5.74) is 3.33. The number of hydrogen-bond acceptors (Lipinski definition) is 1. The normalized spacial score (nSPS) is 10.5. The molecule has 186 valence electrons. The first kappa shape index (κ1) is 25.9. The second-order valence-electron chi connectivity index (χ2n) is 8.54. The van der Waals surface area contributed by atoms with Crippen LogP contribution in [0.5, 0.6) is 5.75 Å². The second kappa shape index (κ2) is 12.2. The van der Waals surface area contributed by atoms with Gasteiger partial charge in [-0.3, -0.25) is 0 Å². The maximum absolute atomic E-state index is 15.1. The molecule has 0 unspecified atom stereocenters. The summed E-state index contributed by atoms with van der Waals surface area (Å²) in [4.78, 5) is 0. The fourth-order valence-electron chi connectivity index (χ4n) is 3.85. The van der Waals surface area contributed by atoms with E-state index in [1.54, 1.807) is 24.3 Å². The SMILES string of the molecule is CCCCCc1ccc(C#Cc2ccc3c(F)c(C#Cc4ccc(OC(F)F)c(F)c4)ccc3c2)cc1. The molecule has 4 aromatic carbocycles. The molecule has 4 rings (SSSR count). The van der Waals surface area contributed by atoms with E-state index in [-0.39, 0.29) is 11.1 Å². The highest BCUT2D eigenvalue weighted by atomic mass is 19.3. The van der Waals surface area contributed by atoms with Crippen LogP contribution < -0.4 is 4.74 Å². The van der Waals surface area contributed by atoms with E-state index in [9.17, 15) is 13.2 Å². The molecular formula is C32H24F4O. The molecule has 5 heteroatoms. The van der Waals surface area contributed by atoms with Crippen LogP contribution in [-0.2, 0) is 6.42 Å². The summed E-state index contributed by atoms with van der Waals surface area (Å²) in [7, 11) is 0. The number of unbranched alkanes of at least 4 members (excludes halogenated alkanes) is 2. The summed E-state index contributed by atoms with van der Waals surface area (Å²) >= 11 is 0. The molecule has 0 aliphatic rings. The van der Waals surface area contributed by atoms with Crippen molar-refractivity contribution >= 4 is 10.8 Å². The first-order valence-corrected chi connectivity index (χ1v) is 12.0. The van der Waals surface area contributed by atoms with Crippen molar-refractivity contribution in [3.63, 3.8) is 0 Å². The topological polar surface area (TPSA) is 9.23 Å². The average Bonchev–Trinajstić information content (AvgIpc) is 2.89. The van der Waals surface area contributed by atoms with Crippen LogP contribution >= 0.6 is 0 Å². The number of hydrogen-bond donors (Lipinski definition) is 0. The Labute approximate surface area is 214 Å². The van der Waals surface area contributed by atoms with Crippen LogP contribution in [0.4, 0.5) is 17.6 Å². The van der Waals surface area contributed by atoms with Crippen LogP contribution in [0.15, 0.2) is 72.8 Å². The van der Waals surface area contributed by atoms with E-state index in [1.165, 1.54) is 30.9 Å². The lowest BCUT2D eigenvalue weighted by atomic mass is 10.0. The summed E-state index contributed by atoms with van der Waals surface area (Å²) < 4.78 is 57.6. The van der Waals surface area contributed by atoms with Crippen molar-refractivity contribution in [3.8, 4) is 29.4 Å². The fourth-order valence-corrected chi connectivity index (χ4v) is 3.85. The quantitative estimate of drug-likeness (QED) is 0.147. The second-order valence-corrected chi connectivity index (χ2v) is 8.54. The number of rotatable bonds is 6. The van der Waals surface area contributed by atoms with Gasteiger partial charge in [0.2, 0.25) is 0 Å². The van der Waals surface area contributed by atoms with Crippen LogP contribution in [0.1, 0.15) is 54.0 Å². The van der Waals surface area contributed by atoms with Gasteiger partial charge >= 0.3 is 6.61 Å². The minimum Gasteiger partial charge on any atom is -0.432 e. The lowest BCUT2D eigenvalue weighted by Gasteiger charge is -2.05. The van der Waals surface area contributed by atoms with Crippen LogP contribution in [0.2, 0.25) is 0 Å². The standard InChI is InChI=1S/C32H24F4O/c1-2-3-4-5-22-6-8-23(9-7-22)10-11-24-13-18-28-27(20-24)17-16-26(31(28)34)15-12-25-14-19-30(29(33)21-25)37-32(35)36/h6-9,13-14,16-21,32H,2-5H2,1H3. The van der Waals surface area contributed by atoms with Gasteiger partial charge in [0.15, 0.2) is 11.6 Å². The van der Waals surface area contributed by atoms with Gasteiger partial charge in [-0.2, -0.15) is 8.78 Å². The fraction of sp³-hybridized carbons (Fsp3) is 0.188. The Kier molecular flexibility index (Phi) is 8.49. The molecule has 1 nitrogen and oxygen atoms in total. The molecule has 0 spiro atoms. The molecule has 0 aromatic heterocycles. The Morgan fingerprint density at radius 2 is 1.41 bits per heavy atom. The van der Waals surface area contributed by atoms with E-state index in [0.717, 1.165) is 29.7 Å². The smallest absolute Gasteiger partial charge is 0.387 e. The number of benzene rings is 4. The molecule has 0 aliphatic heterocycles. The molecular weight excluding hydrogens is 476 g/mol. The zero-order valence-electron chi connectivity index (χ0n) is 20.3. The predicted octanol–water partition coefficient (Wildman–Crippen LogP) is 8.25. The molecule has 0 atom stereocenters. The summed E-state index contributed by atoms with van der Waals surface area (Å²) in [5, 5.41) is 1.07. The lowest BCUT2D eigenvalue weighted by Crippen LogP contribution is -2.03. The first-order chi connectivity index (χ1) is 17.9. The molecule has 0 N–H and O–H groups in total. The Morgan fingerprint density at radius 1 is 0.730 bits per heavy atom. The van der Waals surface area contributed by atoms with Crippen molar-refractivity contribution in [1.82, 2.24) is 0 Å². The number of alkyl halides is 2. The largest absolute Gasteiger partial charge is 0.432 e. The highest BCUT2D eigenvalue weighted by molar-refractivity contribution is 5.86. The molecule has 0 saturated carbocycles. The molecule has 0 bridgehead atoms. The van der Waals surface area contributed by atoms with E-state index >= 15 is 4.39 Å². The molecule has 4 aromatic rings. The van der Waals surface area contributed by atoms with Crippen molar-refractivity contribution < 1.29 is 22.3 Å². The van der Waals surface area contributed by atoms with Crippen molar-refractivity contribution in [1.29, 1.82) is 0 Å². The van der Waals surface area contributed by atoms with Gasteiger partial charge in [-0.05, 0) is 72.3 Å². The van der Waals surface area contributed by atoms with E-state index in [1.807, 2.05) is 18.2 Å². The van der Waals surface area contributed by atoms with E-state index in [4.69, 9.17) is 0 Å². The Bertz CT molecular complexity index is 1520. The van der Waals surface area contributed by atoms with Gasteiger partial charge in [-0.25, -0.2) is 8.78 Å². The Morgan fingerprint density at radius 3 is 2.14 bits per heavy atom. The maximum atomic E-state index is 15.1. The zero-order valence-corrected chi connectivity index (χ0v) is 20.3. The molecule has 0 heterocycles.